The average Bonchev–Trinajstić information content (AvgIpc) is 2.27. The quantitative estimate of drug-likeness (QED) is 0.279. The maximum absolute atomic E-state index is 9.63. The van der Waals surface area contributed by atoms with Gasteiger partial charge in [-0.2, -0.15) is 15.0 Å². The Balaban J connectivity index is 2.95. The first kappa shape index (κ1) is 15.3. The summed E-state index contributed by atoms with van der Waals surface area (Å²) in [5, 5.41) is 41.9. The van der Waals surface area contributed by atoms with Crippen LogP contribution in [0.25, 0.3) is 0 Å². The minimum atomic E-state index is -1.63. The largest absolute Gasteiger partial charge is 0.391 e. The van der Waals surface area contributed by atoms with Gasteiger partial charge in [-0.1, -0.05) is 0 Å². The van der Waals surface area contributed by atoms with Gasteiger partial charge in [0.1, 0.15) is 0 Å². The molecule has 0 aliphatic heterocycles. The lowest BCUT2D eigenvalue weighted by Crippen LogP contribution is -2.40. The maximum atomic E-state index is 9.63. The van der Waals surface area contributed by atoms with E-state index >= 15 is 0 Å². The van der Waals surface area contributed by atoms with E-state index in [0.717, 1.165) is 0 Å². The number of nitrogens with one attached hydrogen (secondary N) is 2. The summed E-state index contributed by atoms with van der Waals surface area (Å²) in [4.78, 5) is 11.3. The van der Waals surface area contributed by atoms with Gasteiger partial charge in [-0.05, 0) is 13.8 Å². The van der Waals surface area contributed by atoms with Crippen LogP contribution in [0.15, 0.2) is 0 Å². The van der Waals surface area contributed by atoms with Crippen LogP contribution in [0.5, 0.6) is 0 Å². The molecule has 2 atom stereocenters. The molecule has 1 aromatic rings. The Bertz CT molecular complexity index is 402. The molecule has 19 heavy (non-hydrogen) atoms. The monoisotopic (exact) mass is 274 g/mol. The number of nitrogens with two attached hydrogens (primary N) is 1. The van der Waals surface area contributed by atoms with Gasteiger partial charge in [0.05, 0.1) is 13.2 Å². The number of nitrogen functional groups attached to an aromatic ring is 1. The standard InChI is InChI=1S/C9H18N6O4/c1-8(18,3-16)14-6-11-5(10)12-7(13-6)15-9(2,19)4-17/h16-19H,3-4H2,1-2H3,(H4,10,11,12,13,14,15). The Morgan fingerprint density at radius 1 is 0.947 bits per heavy atom. The summed E-state index contributed by atoms with van der Waals surface area (Å²) in [7, 11) is 0. The molecule has 108 valence electrons. The molecule has 8 N–H and O–H groups in total. The fourth-order valence-electron chi connectivity index (χ4n) is 1.06. The van der Waals surface area contributed by atoms with Crippen molar-refractivity contribution in [2.45, 2.75) is 25.3 Å². The third-order valence-electron chi connectivity index (χ3n) is 2.03. The Morgan fingerprint density at radius 3 is 1.63 bits per heavy atom. The predicted octanol–water partition coefficient (Wildman–Crippen LogP) is -2.32. The number of aliphatic hydroxyl groups is 4. The van der Waals surface area contributed by atoms with E-state index in [-0.39, 0.29) is 17.8 Å². The summed E-state index contributed by atoms with van der Waals surface area (Å²) in [5.41, 5.74) is 2.18. The molecule has 0 aliphatic carbocycles. The van der Waals surface area contributed by atoms with Crippen LogP contribution in [-0.2, 0) is 0 Å². The highest BCUT2D eigenvalue weighted by Gasteiger charge is 2.23. The first-order chi connectivity index (χ1) is 8.67. The van der Waals surface area contributed by atoms with Gasteiger partial charge in [0.2, 0.25) is 17.8 Å². The van der Waals surface area contributed by atoms with Crippen LogP contribution < -0.4 is 16.4 Å². The molecule has 1 rings (SSSR count). The van der Waals surface area contributed by atoms with Crippen molar-refractivity contribution >= 4 is 17.8 Å². The van der Waals surface area contributed by atoms with Crippen LogP contribution in [0.3, 0.4) is 0 Å². The van der Waals surface area contributed by atoms with Crippen LogP contribution in [-0.4, -0.2) is 60.0 Å². The first-order valence-corrected chi connectivity index (χ1v) is 5.42. The Morgan fingerprint density at radius 2 is 1.32 bits per heavy atom. The molecule has 1 aromatic heterocycles. The highest BCUT2D eigenvalue weighted by atomic mass is 16.3. The number of hydrogen-bond donors (Lipinski definition) is 7. The summed E-state index contributed by atoms with van der Waals surface area (Å²) in [6.45, 7) is 1.47. The molecular formula is C9H18N6O4. The fourth-order valence-corrected chi connectivity index (χ4v) is 1.06. The SMILES string of the molecule is CC(O)(CO)Nc1nc(N)nc(NC(C)(O)CO)n1. The zero-order chi connectivity index (χ0) is 14.7. The van der Waals surface area contributed by atoms with Gasteiger partial charge in [-0.15, -0.1) is 0 Å². The smallest absolute Gasteiger partial charge is 0.231 e. The molecule has 0 bridgehead atoms. The first-order valence-electron chi connectivity index (χ1n) is 5.42. The Kier molecular flexibility index (Phi) is 4.42. The molecule has 10 nitrogen and oxygen atoms in total. The summed E-state index contributed by atoms with van der Waals surface area (Å²) < 4.78 is 0. The molecule has 0 amide bonds. The van der Waals surface area contributed by atoms with E-state index in [4.69, 9.17) is 15.9 Å². The number of rotatable bonds is 6. The lowest BCUT2D eigenvalue weighted by molar-refractivity contribution is 0.0249. The minimum absolute atomic E-state index is 0.0946. The second kappa shape index (κ2) is 5.48. The van der Waals surface area contributed by atoms with E-state index in [1.165, 1.54) is 13.8 Å². The van der Waals surface area contributed by atoms with Gasteiger partial charge in [-0.25, -0.2) is 0 Å². The van der Waals surface area contributed by atoms with E-state index in [1.54, 1.807) is 0 Å². The van der Waals surface area contributed by atoms with Crippen molar-refractivity contribution in [3.05, 3.63) is 0 Å². The van der Waals surface area contributed by atoms with Gasteiger partial charge >= 0.3 is 0 Å². The van der Waals surface area contributed by atoms with E-state index in [0.29, 0.717) is 0 Å². The molecule has 0 radical (unpaired) electrons. The van der Waals surface area contributed by atoms with Crippen LogP contribution >= 0.6 is 0 Å². The molecule has 1 heterocycles. The highest BCUT2D eigenvalue weighted by molar-refractivity contribution is 5.41. The van der Waals surface area contributed by atoms with Gasteiger partial charge < -0.3 is 36.8 Å². The van der Waals surface area contributed by atoms with Crippen molar-refractivity contribution in [1.29, 1.82) is 0 Å². The van der Waals surface area contributed by atoms with Gasteiger partial charge in [-0.3, -0.25) is 0 Å². The zero-order valence-corrected chi connectivity index (χ0v) is 10.6. The predicted molar refractivity (Wildman–Crippen MR) is 66.9 cm³/mol. The van der Waals surface area contributed by atoms with Crippen LogP contribution in [0.4, 0.5) is 17.8 Å². The maximum Gasteiger partial charge on any atom is 0.231 e. The molecule has 0 fully saturated rings. The fraction of sp³-hybridized carbons (Fsp3) is 0.667. The summed E-state index contributed by atoms with van der Waals surface area (Å²) in [6, 6.07) is 0. The molecule has 0 saturated carbocycles. The third-order valence-corrected chi connectivity index (χ3v) is 2.03. The van der Waals surface area contributed by atoms with Crippen molar-refractivity contribution in [3.63, 3.8) is 0 Å². The van der Waals surface area contributed by atoms with E-state index < -0.39 is 24.7 Å². The number of hydrogen-bond acceptors (Lipinski definition) is 10. The Hall–Kier alpha value is -1.75. The van der Waals surface area contributed by atoms with Gasteiger partial charge in [0.25, 0.3) is 0 Å². The molecule has 10 heteroatoms. The van der Waals surface area contributed by atoms with Crippen molar-refractivity contribution in [1.82, 2.24) is 15.0 Å². The summed E-state index contributed by atoms with van der Waals surface area (Å²) in [6.07, 6.45) is 0. The zero-order valence-electron chi connectivity index (χ0n) is 10.6. The van der Waals surface area contributed by atoms with Gasteiger partial charge in [0.15, 0.2) is 11.4 Å². The minimum Gasteiger partial charge on any atom is -0.391 e. The normalized spacial score (nSPS) is 17.4. The van der Waals surface area contributed by atoms with Crippen molar-refractivity contribution in [2.75, 3.05) is 29.6 Å². The van der Waals surface area contributed by atoms with Crippen molar-refractivity contribution in [3.8, 4) is 0 Å². The number of nitrogens with zero attached hydrogens (tertiary/aromatic N) is 3. The number of aromatic nitrogens is 3. The van der Waals surface area contributed by atoms with Crippen LogP contribution in [0.1, 0.15) is 13.8 Å². The summed E-state index contributed by atoms with van der Waals surface area (Å²) in [5.74, 6) is -0.354. The highest BCUT2D eigenvalue weighted by Crippen LogP contribution is 2.14. The average molecular weight is 274 g/mol. The van der Waals surface area contributed by atoms with Crippen molar-refractivity contribution < 1.29 is 20.4 Å². The lowest BCUT2D eigenvalue weighted by Gasteiger charge is -2.24. The van der Waals surface area contributed by atoms with E-state index in [2.05, 4.69) is 25.6 Å². The van der Waals surface area contributed by atoms with Crippen LogP contribution in [0, 0.1) is 0 Å². The van der Waals surface area contributed by atoms with Crippen LogP contribution in [0.2, 0.25) is 0 Å². The van der Waals surface area contributed by atoms with E-state index in [1.807, 2.05) is 0 Å². The number of anilines is 3. The second-order valence-electron chi connectivity index (χ2n) is 4.45. The molecular weight excluding hydrogens is 256 g/mol. The van der Waals surface area contributed by atoms with Gasteiger partial charge in [0, 0.05) is 0 Å². The molecule has 0 saturated heterocycles. The number of aliphatic hydroxyl groups excluding tert-OH is 2. The Labute approximate surface area is 109 Å². The van der Waals surface area contributed by atoms with E-state index in [9.17, 15) is 10.2 Å². The molecule has 0 aliphatic rings. The lowest BCUT2D eigenvalue weighted by atomic mass is 10.3. The molecule has 2 unspecified atom stereocenters. The summed E-state index contributed by atoms with van der Waals surface area (Å²) >= 11 is 0. The van der Waals surface area contributed by atoms with Crippen molar-refractivity contribution in [2.24, 2.45) is 0 Å². The topological polar surface area (TPSA) is 170 Å². The molecule has 0 aromatic carbocycles. The third kappa shape index (κ3) is 4.79. The molecule has 0 spiro atoms. The second-order valence-corrected chi connectivity index (χ2v) is 4.45.